The maximum absolute atomic E-state index is 13.1. The summed E-state index contributed by atoms with van der Waals surface area (Å²) in [5, 5.41) is 23.7. The molecule has 0 aromatic carbocycles. The monoisotopic (exact) mass is 868 g/mol. The lowest BCUT2D eigenvalue weighted by Gasteiger charge is -2.24. The van der Waals surface area contributed by atoms with Crippen molar-refractivity contribution in [3.05, 3.63) is 60.8 Å². The molecule has 0 spiro atoms. The third-order valence-corrected chi connectivity index (χ3v) is 11.9. The molecule has 360 valence electrons. The maximum Gasteiger partial charge on any atom is 0.306 e. The Kier molecular flexibility index (Phi) is 47.6. The van der Waals surface area contributed by atoms with E-state index in [0.717, 1.165) is 96.3 Å². The van der Waals surface area contributed by atoms with Crippen LogP contribution in [0.3, 0.4) is 0 Å². The van der Waals surface area contributed by atoms with Crippen LogP contribution >= 0.6 is 0 Å². The van der Waals surface area contributed by atoms with Crippen LogP contribution in [0.4, 0.5) is 0 Å². The summed E-state index contributed by atoms with van der Waals surface area (Å²) in [6, 6.07) is -0.707. The summed E-state index contributed by atoms with van der Waals surface area (Å²) < 4.78 is 5.89. The van der Waals surface area contributed by atoms with E-state index in [4.69, 9.17) is 4.74 Å². The summed E-state index contributed by atoms with van der Waals surface area (Å²) >= 11 is 0. The number of hydrogen-bond donors (Lipinski definition) is 3. The number of aliphatic hydroxyl groups is 2. The van der Waals surface area contributed by atoms with Crippen molar-refractivity contribution < 1.29 is 24.5 Å². The topological polar surface area (TPSA) is 95.9 Å². The van der Waals surface area contributed by atoms with Gasteiger partial charge in [0, 0.05) is 6.42 Å². The number of aliphatic hydroxyl groups excluding tert-OH is 2. The molecule has 3 unspecified atom stereocenters. The number of unbranched alkanes of at least 4 members (excludes halogenated alkanes) is 25. The summed E-state index contributed by atoms with van der Waals surface area (Å²) in [5.41, 5.74) is 0. The largest absolute Gasteiger partial charge is 0.462 e. The number of nitrogens with one attached hydrogen (secondary N) is 1. The van der Waals surface area contributed by atoms with Gasteiger partial charge in [-0.25, -0.2) is 0 Å². The Bertz CT molecular complexity index is 1110. The van der Waals surface area contributed by atoms with Crippen LogP contribution in [-0.2, 0) is 14.3 Å². The molecule has 0 saturated carbocycles. The highest BCUT2D eigenvalue weighted by Crippen LogP contribution is 2.18. The maximum atomic E-state index is 13.1. The molecule has 0 bridgehead atoms. The zero-order valence-corrected chi connectivity index (χ0v) is 41.0. The molecule has 0 aliphatic rings. The van der Waals surface area contributed by atoms with Gasteiger partial charge in [-0.05, 0) is 70.6 Å². The normalized spacial score (nSPS) is 13.7. The number of esters is 1. The molecule has 0 heterocycles. The van der Waals surface area contributed by atoms with Crippen LogP contribution in [0.15, 0.2) is 60.8 Å². The zero-order valence-electron chi connectivity index (χ0n) is 41.0. The Morgan fingerprint density at radius 2 is 0.871 bits per heavy atom. The van der Waals surface area contributed by atoms with Gasteiger partial charge >= 0.3 is 5.97 Å². The van der Waals surface area contributed by atoms with Gasteiger partial charge < -0.3 is 20.3 Å². The lowest BCUT2D eigenvalue weighted by atomic mass is 10.0. The van der Waals surface area contributed by atoms with E-state index in [1.54, 1.807) is 0 Å². The molecule has 0 rings (SSSR count). The smallest absolute Gasteiger partial charge is 0.306 e. The summed E-state index contributed by atoms with van der Waals surface area (Å²) in [7, 11) is 0. The third-order valence-electron chi connectivity index (χ3n) is 11.9. The second-order valence-corrected chi connectivity index (χ2v) is 17.9. The average molecular weight is 868 g/mol. The Balaban J connectivity index is 4.38. The van der Waals surface area contributed by atoms with E-state index in [9.17, 15) is 19.8 Å². The molecule has 6 heteroatoms. The standard InChI is InChI=1S/C56H101NO5/c1-4-7-10-13-16-18-20-22-24-26-27-29-31-33-35-37-40-43-46-49-56(61)62-52(47-44-41-38-15-12-9-6-3)50-55(60)57-53(51-58)54(59)48-45-42-39-36-34-32-30-28-25-23-21-19-17-14-11-8-5-2/h7,10,16,18,22,24,27,29,33,35,52-54,58-59H,4-6,8-9,11-15,17,19-21,23,25-26,28,30-32,34,36-51H2,1-3H3,(H,57,60)/b10-7-,18-16-,24-22-,29-27-,35-33-. The number of rotatable bonds is 47. The Labute approximate surface area is 384 Å². The van der Waals surface area contributed by atoms with Gasteiger partial charge in [-0.3, -0.25) is 9.59 Å². The molecule has 3 atom stereocenters. The van der Waals surface area contributed by atoms with Crippen LogP contribution < -0.4 is 5.32 Å². The predicted molar refractivity (Wildman–Crippen MR) is 268 cm³/mol. The van der Waals surface area contributed by atoms with Crippen molar-refractivity contribution in [3.8, 4) is 0 Å². The summed E-state index contributed by atoms with van der Waals surface area (Å²) in [5.74, 6) is -0.513. The minimum atomic E-state index is -0.793. The van der Waals surface area contributed by atoms with E-state index >= 15 is 0 Å². The first-order chi connectivity index (χ1) is 30.5. The predicted octanol–water partition coefficient (Wildman–Crippen LogP) is 16.0. The second-order valence-electron chi connectivity index (χ2n) is 17.9. The van der Waals surface area contributed by atoms with Gasteiger partial charge in [0.2, 0.25) is 5.91 Å². The summed E-state index contributed by atoms with van der Waals surface area (Å²) in [6.45, 7) is 6.34. The van der Waals surface area contributed by atoms with Gasteiger partial charge in [-0.15, -0.1) is 0 Å². The van der Waals surface area contributed by atoms with E-state index in [1.807, 2.05) is 0 Å². The molecular formula is C56H101NO5. The van der Waals surface area contributed by atoms with Gasteiger partial charge in [-0.2, -0.15) is 0 Å². The Morgan fingerprint density at radius 1 is 0.484 bits per heavy atom. The molecule has 6 nitrogen and oxygen atoms in total. The first kappa shape index (κ1) is 59.6. The minimum Gasteiger partial charge on any atom is -0.462 e. The van der Waals surface area contributed by atoms with Crippen molar-refractivity contribution in [2.24, 2.45) is 0 Å². The van der Waals surface area contributed by atoms with Crippen LogP contribution in [0.5, 0.6) is 0 Å². The zero-order chi connectivity index (χ0) is 45.2. The van der Waals surface area contributed by atoms with Crippen molar-refractivity contribution in [3.63, 3.8) is 0 Å². The van der Waals surface area contributed by atoms with E-state index in [0.29, 0.717) is 19.3 Å². The van der Waals surface area contributed by atoms with Gasteiger partial charge in [-0.1, -0.05) is 236 Å². The highest BCUT2D eigenvalue weighted by molar-refractivity contribution is 5.77. The Hall–Kier alpha value is -2.44. The first-order valence-electron chi connectivity index (χ1n) is 26.5. The van der Waals surface area contributed by atoms with Crippen molar-refractivity contribution in [2.45, 2.75) is 277 Å². The number of carbonyl (C=O) groups excluding carboxylic acids is 2. The van der Waals surface area contributed by atoms with Crippen molar-refractivity contribution in [2.75, 3.05) is 6.61 Å². The molecule has 0 aliphatic heterocycles. The quantitative estimate of drug-likeness (QED) is 0.0322. The fourth-order valence-corrected chi connectivity index (χ4v) is 7.87. The molecule has 0 radical (unpaired) electrons. The molecule has 0 aliphatic carbocycles. The highest BCUT2D eigenvalue weighted by Gasteiger charge is 2.24. The average Bonchev–Trinajstić information content (AvgIpc) is 3.26. The SMILES string of the molecule is CC/C=C\C/C=C\C/C=C\C/C=C\C/C=C\CCCCCC(=O)OC(CCCCCCCCC)CC(=O)NC(CO)C(O)CCCCCCCCCCCCCCCCCCC. The van der Waals surface area contributed by atoms with Gasteiger partial charge in [0.25, 0.3) is 0 Å². The molecule has 62 heavy (non-hydrogen) atoms. The van der Waals surface area contributed by atoms with Gasteiger partial charge in [0.05, 0.1) is 25.2 Å². The van der Waals surface area contributed by atoms with E-state index in [1.165, 1.54) is 116 Å². The fourth-order valence-electron chi connectivity index (χ4n) is 7.87. The van der Waals surface area contributed by atoms with E-state index in [2.05, 4.69) is 86.8 Å². The molecule has 1 amide bonds. The second kappa shape index (κ2) is 49.6. The van der Waals surface area contributed by atoms with E-state index < -0.39 is 18.2 Å². The van der Waals surface area contributed by atoms with Crippen molar-refractivity contribution in [1.82, 2.24) is 5.32 Å². The minimum absolute atomic E-state index is 0.0635. The molecule has 0 aromatic heterocycles. The third kappa shape index (κ3) is 44.2. The van der Waals surface area contributed by atoms with E-state index in [-0.39, 0.29) is 24.9 Å². The molecule has 0 aromatic rings. The fraction of sp³-hybridized carbons (Fsp3) is 0.786. The van der Waals surface area contributed by atoms with Crippen LogP contribution in [0.2, 0.25) is 0 Å². The van der Waals surface area contributed by atoms with Gasteiger partial charge in [0.15, 0.2) is 0 Å². The van der Waals surface area contributed by atoms with Crippen LogP contribution in [0, 0.1) is 0 Å². The van der Waals surface area contributed by atoms with Crippen LogP contribution in [0.1, 0.15) is 258 Å². The molecule has 3 N–H and O–H groups in total. The van der Waals surface area contributed by atoms with Crippen molar-refractivity contribution >= 4 is 11.9 Å². The number of amides is 1. The number of ether oxygens (including phenoxy) is 1. The summed E-state index contributed by atoms with van der Waals surface area (Å²) in [6.07, 6.45) is 61.6. The lowest BCUT2D eigenvalue weighted by Crippen LogP contribution is -2.46. The number of carbonyl (C=O) groups is 2. The lowest BCUT2D eigenvalue weighted by molar-refractivity contribution is -0.151. The molecular weight excluding hydrogens is 767 g/mol. The molecule has 0 fully saturated rings. The highest BCUT2D eigenvalue weighted by atomic mass is 16.5. The van der Waals surface area contributed by atoms with Gasteiger partial charge in [0.1, 0.15) is 6.10 Å². The van der Waals surface area contributed by atoms with Crippen LogP contribution in [0.25, 0.3) is 0 Å². The first-order valence-corrected chi connectivity index (χ1v) is 26.5. The van der Waals surface area contributed by atoms with Crippen molar-refractivity contribution in [1.29, 1.82) is 0 Å². The number of allylic oxidation sites excluding steroid dienone is 10. The molecule has 0 saturated heterocycles. The summed E-state index contributed by atoms with van der Waals surface area (Å²) in [4.78, 5) is 26.0. The Morgan fingerprint density at radius 3 is 1.31 bits per heavy atom. The van der Waals surface area contributed by atoms with Crippen LogP contribution in [-0.4, -0.2) is 46.9 Å². The number of hydrogen-bond acceptors (Lipinski definition) is 5.